The van der Waals surface area contributed by atoms with Crippen molar-refractivity contribution in [2.45, 2.75) is 23.9 Å². The predicted molar refractivity (Wildman–Crippen MR) is 157 cm³/mol. The number of hydrogen-bond donors (Lipinski definition) is 2. The van der Waals surface area contributed by atoms with Crippen LogP contribution in [0, 0.1) is 0 Å². The lowest BCUT2D eigenvalue weighted by atomic mass is 9.79. The highest BCUT2D eigenvalue weighted by atomic mass is 16.5. The molecule has 5 aromatic rings. The zero-order valence-electron chi connectivity index (χ0n) is 21.6. The summed E-state index contributed by atoms with van der Waals surface area (Å²) >= 11 is 0. The Morgan fingerprint density at radius 3 is 1.33 bits per heavy atom. The van der Waals surface area contributed by atoms with Crippen molar-refractivity contribution in [3.8, 4) is 0 Å². The fraction of sp³-hybridized carbons (Fsp3) is 0.111. The summed E-state index contributed by atoms with van der Waals surface area (Å²) in [5, 5.41) is 23.0. The Labute approximate surface area is 230 Å². The predicted octanol–water partition coefficient (Wildman–Crippen LogP) is 7.17. The average Bonchev–Trinajstić information content (AvgIpc) is 3.03. The molecule has 0 aliphatic heterocycles. The van der Waals surface area contributed by atoms with E-state index >= 15 is 0 Å². The van der Waals surface area contributed by atoms with Gasteiger partial charge >= 0.3 is 0 Å². The van der Waals surface area contributed by atoms with E-state index in [0.29, 0.717) is 5.56 Å². The first kappa shape index (κ1) is 26.3. The van der Waals surface area contributed by atoms with Gasteiger partial charge < -0.3 is 14.9 Å². The van der Waals surface area contributed by atoms with Crippen LogP contribution in [0.1, 0.15) is 33.9 Å². The molecule has 0 aliphatic carbocycles. The quantitative estimate of drug-likeness (QED) is 0.195. The fourth-order valence-corrected chi connectivity index (χ4v) is 4.95. The lowest BCUT2D eigenvalue weighted by Crippen LogP contribution is -2.42. The van der Waals surface area contributed by atoms with Crippen molar-refractivity contribution in [3.05, 3.63) is 186 Å². The van der Waals surface area contributed by atoms with Gasteiger partial charge in [-0.05, 0) is 27.8 Å². The summed E-state index contributed by atoms with van der Waals surface area (Å²) in [6.07, 6.45) is 0.494. The summed E-state index contributed by atoms with van der Waals surface area (Å²) in [6.45, 7) is 0. The number of ether oxygens (including phenoxy) is 1. The van der Waals surface area contributed by atoms with Crippen molar-refractivity contribution < 1.29 is 14.9 Å². The molecule has 3 heteroatoms. The van der Waals surface area contributed by atoms with Crippen LogP contribution in [0.4, 0.5) is 0 Å². The third-order valence-corrected chi connectivity index (χ3v) is 6.93. The maximum atomic E-state index is 11.7. The lowest BCUT2D eigenvalue weighted by molar-refractivity contribution is -0.114. The Morgan fingerprint density at radius 2 is 0.897 bits per heavy atom. The molecule has 0 bridgehead atoms. The highest BCUT2D eigenvalue weighted by Crippen LogP contribution is 2.42. The molecule has 3 nitrogen and oxygen atoms in total. The smallest absolute Gasteiger partial charge is 0.144 e. The highest BCUT2D eigenvalue weighted by molar-refractivity contribution is 5.51. The van der Waals surface area contributed by atoms with Crippen LogP contribution in [0.25, 0.3) is 6.08 Å². The Bertz CT molecular complexity index is 1340. The second kappa shape index (κ2) is 12.5. The van der Waals surface area contributed by atoms with Crippen LogP contribution >= 0.6 is 0 Å². The van der Waals surface area contributed by atoms with Gasteiger partial charge in [0, 0.05) is 0 Å². The minimum Gasteiger partial charge on any atom is -0.387 e. The van der Waals surface area contributed by atoms with Crippen molar-refractivity contribution in [3.63, 3.8) is 0 Å². The van der Waals surface area contributed by atoms with E-state index < -0.39 is 23.9 Å². The van der Waals surface area contributed by atoms with Gasteiger partial charge in [0.25, 0.3) is 0 Å². The molecule has 0 saturated carbocycles. The SMILES string of the molecule is O[C@H]([C@H](O)c1ccccc1)[C@@H](/C=C/c1ccccc1)OC(c1ccccc1)(c1ccccc1)c1ccccc1. The molecule has 2 N–H and O–H groups in total. The maximum Gasteiger partial charge on any atom is 0.144 e. The Morgan fingerprint density at radius 1 is 0.513 bits per heavy atom. The van der Waals surface area contributed by atoms with Crippen molar-refractivity contribution in [2.75, 3.05) is 0 Å². The van der Waals surface area contributed by atoms with E-state index in [2.05, 4.69) is 0 Å². The van der Waals surface area contributed by atoms with Gasteiger partial charge in [0.05, 0.1) is 0 Å². The molecule has 0 fully saturated rings. The first-order valence-electron chi connectivity index (χ1n) is 13.2. The molecule has 0 aromatic heterocycles. The van der Waals surface area contributed by atoms with E-state index in [1.807, 2.05) is 164 Å². The summed E-state index contributed by atoms with van der Waals surface area (Å²) in [5.41, 5.74) is 3.28. The molecule has 3 atom stereocenters. The van der Waals surface area contributed by atoms with Crippen LogP contribution in [-0.2, 0) is 10.3 Å². The molecule has 5 aromatic carbocycles. The standard InChI is InChI=1S/C36H32O3/c37-34(29-18-8-2-9-19-29)35(38)33(27-26-28-16-6-1-7-17-28)39-36(30-20-10-3-11-21-30,31-22-12-4-13-23-31)32-24-14-5-15-25-32/h1-27,33-35,37-38H/b27-26+/t33-,34-,35+/m1/s1. The number of rotatable bonds is 10. The maximum absolute atomic E-state index is 11.7. The van der Waals surface area contributed by atoms with Crippen LogP contribution < -0.4 is 0 Å². The summed E-state index contributed by atoms with van der Waals surface area (Å²) < 4.78 is 7.13. The molecule has 0 saturated heterocycles. The first-order chi connectivity index (χ1) is 19.2. The van der Waals surface area contributed by atoms with E-state index in [-0.39, 0.29) is 0 Å². The molecular weight excluding hydrogens is 480 g/mol. The van der Waals surface area contributed by atoms with Gasteiger partial charge in [-0.3, -0.25) is 0 Å². The van der Waals surface area contributed by atoms with Crippen molar-refractivity contribution in [2.24, 2.45) is 0 Å². The van der Waals surface area contributed by atoms with Gasteiger partial charge in [-0.1, -0.05) is 164 Å². The highest BCUT2D eigenvalue weighted by Gasteiger charge is 2.42. The van der Waals surface area contributed by atoms with Gasteiger partial charge in [-0.2, -0.15) is 0 Å². The fourth-order valence-electron chi connectivity index (χ4n) is 4.95. The van der Waals surface area contributed by atoms with E-state index in [4.69, 9.17) is 4.74 Å². The van der Waals surface area contributed by atoms with Crippen molar-refractivity contribution in [1.29, 1.82) is 0 Å². The van der Waals surface area contributed by atoms with Crippen LogP contribution in [0.3, 0.4) is 0 Å². The molecule has 0 amide bonds. The molecule has 0 spiro atoms. The van der Waals surface area contributed by atoms with Gasteiger partial charge in [-0.15, -0.1) is 0 Å². The number of hydrogen-bond acceptors (Lipinski definition) is 3. The third kappa shape index (κ3) is 5.92. The van der Waals surface area contributed by atoms with Crippen molar-refractivity contribution in [1.82, 2.24) is 0 Å². The van der Waals surface area contributed by atoms with Gasteiger partial charge in [-0.25, -0.2) is 0 Å². The van der Waals surface area contributed by atoms with E-state index in [1.165, 1.54) is 0 Å². The molecule has 5 rings (SSSR count). The summed E-state index contributed by atoms with van der Waals surface area (Å²) in [5.74, 6) is 0. The molecule has 0 heterocycles. The second-order valence-corrected chi connectivity index (χ2v) is 9.48. The van der Waals surface area contributed by atoms with Crippen LogP contribution in [0.5, 0.6) is 0 Å². The first-order valence-corrected chi connectivity index (χ1v) is 13.2. The monoisotopic (exact) mass is 512 g/mol. The minimum absolute atomic E-state index is 0.622. The molecule has 39 heavy (non-hydrogen) atoms. The van der Waals surface area contributed by atoms with Crippen molar-refractivity contribution >= 4 is 6.08 Å². The Hall–Kier alpha value is -4.28. The van der Waals surface area contributed by atoms with Crippen LogP contribution in [0.15, 0.2) is 158 Å². The van der Waals surface area contributed by atoms with E-state index in [1.54, 1.807) is 0 Å². The molecule has 0 radical (unpaired) electrons. The van der Waals surface area contributed by atoms with Gasteiger partial charge in [0.2, 0.25) is 0 Å². The van der Waals surface area contributed by atoms with E-state index in [0.717, 1.165) is 22.3 Å². The van der Waals surface area contributed by atoms with Gasteiger partial charge in [0.15, 0.2) is 0 Å². The van der Waals surface area contributed by atoms with Gasteiger partial charge in [0.1, 0.15) is 23.9 Å². The van der Waals surface area contributed by atoms with Crippen LogP contribution in [-0.4, -0.2) is 22.4 Å². The average molecular weight is 513 g/mol. The number of aliphatic hydroxyl groups excluding tert-OH is 2. The molecule has 0 aliphatic rings. The topological polar surface area (TPSA) is 49.7 Å². The third-order valence-electron chi connectivity index (χ3n) is 6.93. The lowest BCUT2D eigenvalue weighted by Gasteiger charge is -2.40. The molecule has 0 unspecified atom stereocenters. The zero-order chi connectivity index (χ0) is 26.9. The summed E-state index contributed by atoms with van der Waals surface area (Å²) in [7, 11) is 0. The molecule has 194 valence electrons. The second-order valence-electron chi connectivity index (χ2n) is 9.48. The number of aliphatic hydroxyl groups is 2. The largest absolute Gasteiger partial charge is 0.387 e. The minimum atomic E-state index is -1.25. The molecular formula is C36H32O3. The summed E-state index contributed by atoms with van der Waals surface area (Å²) in [6, 6.07) is 49.2. The Kier molecular flexibility index (Phi) is 8.45. The van der Waals surface area contributed by atoms with E-state index in [9.17, 15) is 10.2 Å². The van der Waals surface area contributed by atoms with Crippen LogP contribution in [0.2, 0.25) is 0 Å². The number of benzene rings is 5. The summed E-state index contributed by atoms with van der Waals surface area (Å²) in [4.78, 5) is 0. The zero-order valence-corrected chi connectivity index (χ0v) is 21.6. The normalized spacial score (nSPS) is 14.1. The Balaban J connectivity index is 1.67.